The van der Waals surface area contributed by atoms with Gasteiger partial charge < -0.3 is 10.1 Å². The molecule has 0 unspecified atom stereocenters. The van der Waals surface area contributed by atoms with Crippen molar-refractivity contribution in [3.05, 3.63) is 59.7 Å². The monoisotopic (exact) mass is 417 g/mol. The molecule has 0 aliphatic carbocycles. The molecule has 3 rings (SSSR count). The number of esters is 1. The molecule has 6 nitrogen and oxygen atoms in total. The number of rotatable bonds is 6. The minimum Gasteiger partial charge on any atom is -0.462 e. The molecule has 0 fully saturated rings. The smallest absolute Gasteiger partial charge is 0.341 e. The molecule has 3 aromatic rings. The Labute approximate surface area is 167 Å². The molecular weight excluding hydrogens is 398 g/mol. The summed E-state index contributed by atoms with van der Waals surface area (Å²) in [6.07, 6.45) is 0. The summed E-state index contributed by atoms with van der Waals surface area (Å²) in [5.74, 6) is -0.944. The van der Waals surface area contributed by atoms with Crippen LogP contribution >= 0.6 is 11.3 Å². The van der Waals surface area contributed by atoms with E-state index >= 15 is 0 Å². The fourth-order valence-electron chi connectivity index (χ4n) is 2.70. The van der Waals surface area contributed by atoms with E-state index < -0.39 is 21.7 Å². The van der Waals surface area contributed by atoms with E-state index in [4.69, 9.17) is 4.74 Å². The predicted molar refractivity (Wildman–Crippen MR) is 110 cm³/mol. The summed E-state index contributed by atoms with van der Waals surface area (Å²) in [5.41, 5.74) is 0.614. The zero-order valence-electron chi connectivity index (χ0n) is 15.4. The van der Waals surface area contributed by atoms with Gasteiger partial charge in [-0.15, -0.1) is 11.3 Å². The molecule has 0 radical (unpaired) electrons. The van der Waals surface area contributed by atoms with E-state index in [1.54, 1.807) is 19.9 Å². The number of hydrogen-bond donors (Lipinski definition) is 1. The van der Waals surface area contributed by atoms with Gasteiger partial charge in [0.1, 0.15) is 10.6 Å². The molecule has 1 amide bonds. The van der Waals surface area contributed by atoms with Gasteiger partial charge in [-0.25, -0.2) is 13.2 Å². The molecule has 0 atom stereocenters. The highest BCUT2D eigenvalue weighted by Crippen LogP contribution is 2.36. The first kappa shape index (κ1) is 20.0. The highest BCUT2D eigenvalue weighted by Gasteiger charge is 2.22. The van der Waals surface area contributed by atoms with Gasteiger partial charge in [0.05, 0.1) is 17.3 Å². The van der Waals surface area contributed by atoms with Gasteiger partial charge in [0, 0.05) is 15.6 Å². The van der Waals surface area contributed by atoms with E-state index in [0.29, 0.717) is 21.5 Å². The minimum atomic E-state index is -3.33. The lowest BCUT2D eigenvalue weighted by Gasteiger charge is -2.07. The number of anilines is 1. The Morgan fingerprint density at radius 3 is 2.36 bits per heavy atom. The van der Waals surface area contributed by atoms with E-state index in [1.165, 1.54) is 35.6 Å². The van der Waals surface area contributed by atoms with E-state index in [0.717, 1.165) is 4.70 Å². The van der Waals surface area contributed by atoms with Crippen molar-refractivity contribution in [3.63, 3.8) is 0 Å². The summed E-state index contributed by atoms with van der Waals surface area (Å²) in [7, 11) is -3.33. The normalized spacial score (nSPS) is 11.4. The first-order valence-electron chi connectivity index (χ1n) is 8.70. The summed E-state index contributed by atoms with van der Waals surface area (Å²) in [6.45, 7) is 3.51. The van der Waals surface area contributed by atoms with Gasteiger partial charge >= 0.3 is 5.97 Å². The largest absolute Gasteiger partial charge is 0.462 e. The molecule has 1 heterocycles. The molecule has 0 saturated heterocycles. The number of thiophene rings is 1. The maximum atomic E-state index is 12.6. The molecule has 0 spiro atoms. The number of amides is 1. The number of ether oxygens (including phenoxy) is 1. The zero-order valence-corrected chi connectivity index (χ0v) is 17.0. The number of benzene rings is 2. The Morgan fingerprint density at radius 1 is 1.04 bits per heavy atom. The summed E-state index contributed by atoms with van der Waals surface area (Å²) in [6, 6.07) is 13.1. The average Bonchev–Trinajstić information content (AvgIpc) is 3.06. The number of fused-ring (bicyclic) bond motifs is 1. The summed E-state index contributed by atoms with van der Waals surface area (Å²) in [4.78, 5) is 25.2. The van der Waals surface area contributed by atoms with E-state index in [-0.39, 0.29) is 17.3 Å². The van der Waals surface area contributed by atoms with Gasteiger partial charge in [0.15, 0.2) is 9.84 Å². The lowest BCUT2D eigenvalue weighted by molar-refractivity contribution is 0.0530. The van der Waals surface area contributed by atoms with Crippen molar-refractivity contribution in [1.29, 1.82) is 0 Å². The Bertz CT molecular complexity index is 1130. The van der Waals surface area contributed by atoms with Gasteiger partial charge in [-0.2, -0.15) is 0 Å². The molecular formula is C20H19NO5S2. The standard InChI is InChI=1S/C20H19NO5S2/c1-3-26-20(23)17-15-7-5-6-8-16(15)27-19(17)21-18(22)13-9-11-14(12-10-13)28(24,25)4-2/h5-12H,3-4H2,1-2H3,(H,21,22). The molecule has 1 aromatic heterocycles. The second kappa shape index (κ2) is 8.12. The number of nitrogens with one attached hydrogen (secondary N) is 1. The van der Waals surface area contributed by atoms with Crippen molar-refractivity contribution in [2.45, 2.75) is 18.7 Å². The van der Waals surface area contributed by atoms with Crippen LogP contribution in [0, 0.1) is 0 Å². The second-order valence-electron chi connectivity index (χ2n) is 5.90. The quantitative estimate of drug-likeness (QED) is 0.609. The fourth-order valence-corrected chi connectivity index (χ4v) is 4.66. The SMILES string of the molecule is CCOC(=O)c1c(NC(=O)c2ccc(S(=O)(=O)CC)cc2)sc2ccccc12. The first-order chi connectivity index (χ1) is 13.4. The van der Waals surface area contributed by atoms with Crippen LogP contribution in [0.3, 0.4) is 0 Å². The Morgan fingerprint density at radius 2 is 1.71 bits per heavy atom. The van der Waals surface area contributed by atoms with Crippen LogP contribution in [0.1, 0.15) is 34.6 Å². The Balaban J connectivity index is 1.93. The minimum absolute atomic E-state index is 0.0107. The van der Waals surface area contributed by atoms with Gasteiger partial charge in [-0.05, 0) is 37.3 Å². The lowest BCUT2D eigenvalue weighted by Crippen LogP contribution is -2.14. The van der Waals surface area contributed by atoms with Crippen LogP contribution in [0.25, 0.3) is 10.1 Å². The van der Waals surface area contributed by atoms with Crippen LogP contribution in [-0.2, 0) is 14.6 Å². The van der Waals surface area contributed by atoms with E-state index in [2.05, 4.69) is 5.32 Å². The average molecular weight is 418 g/mol. The maximum Gasteiger partial charge on any atom is 0.341 e. The highest BCUT2D eigenvalue weighted by atomic mass is 32.2. The Kier molecular flexibility index (Phi) is 5.81. The molecule has 146 valence electrons. The van der Waals surface area contributed by atoms with Crippen LogP contribution in [0.15, 0.2) is 53.4 Å². The van der Waals surface area contributed by atoms with Crippen LogP contribution in [-0.4, -0.2) is 32.7 Å². The van der Waals surface area contributed by atoms with Crippen molar-refractivity contribution in [1.82, 2.24) is 0 Å². The summed E-state index contributed by atoms with van der Waals surface area (Å²) >= 11 is 1.28. The predicted octanol–water partition coefficient (Wildman–Crippen LogP) is 4.12. The molecule has 1 N–H and O–H groups in total. The maximum absolute atomic E-state index is 12.6. The second-order valence-corrected chi connectivity index (χ2v) is 9.24. The Hall–Kier alpha value is -2.71. The van der Waals surface area contributed by atoms with Crippen LogP contribution < -0.4 is 5.32 Å². The molecule has 0 bridgehead atoms. The van der Waals surface area contributed by atoms with Crippen LogP contribution in [0.5, 0.6) is 0 Å². The lowest BCUT2D eigenvalue weighted by atomic mass is 10.1. The number of hydrogen-bond acceptors (Lipinski definition) is 6. The van der Waals surface area contributed by atoms with E-state index in [1.807, 2.05) is 18.2 Å². The van der Waals surface area contributed by atoms with Crippen LogP contribution in [0.4, 0.5) is 5.00 Å². The third-order valence-electron chi connectivity index (χ3n) is 4.16. The van der Waals surface area contributed by atoms with Gasteiger partial charge in [-0.3, -0.25) is 4.79 Å². The van der Waals surface area contributed by atoms with Crippen molar-refractivity contribution < 1.29 is 22.7 Å². The molecule has 2 aromatic carbocycles. The summed E-state index contributed by atoms with van der Waals surface area (Å²) in [5, 5.41) is 3.87. The van der Waals surface area contributed by atoms with Crippen molar-refractivity contribution in [2.24, 2.45) is 0 Å². The molecule has 0 aliphatic rings. The van der Waals surface area contributed by atoms with Crippen molar-refractivity contribution in [3.8, 4) is 0 Å². The number of carbonyl (C=O) groups excluding carboxylic acids is 2. The van der Waals surface area contributed by atoms with Crippen molar-refractivity contribution in [2.75, 3.05) is 17.7 Å². The van der Waals surface area contributed by atoms with E-state index in [9.17, 15) is 18.0 Å². The molecule has 0 aliphatic heterocycles. The topological polar surface area (TPSA) is 89.5 Å². The highest BCUT2D eigenvalue weighted by molar-refractivity contribution is 7.91. The molecule has 8 heteroatoms. The van der Waals surface area contributed by atoms with Gasteiger partial charge in [0.25, 0.3) is 5.91 Å². The number of carbonyl (C=O) groups is 2. The van der Waals surface area contributed by atoms with Crippen LogP contribution in [0.2, 0.25) is 0 Å². The van der Waals surface area contributed by atoms with Gasteiger partial charge in [-0.1, -0.05) is 25.1 Å². The fraction of sp³-hybridized carbons (Fsp3) is 0.200. The zero-order chi connectivity index (χ0) is 20.3. The van der Waals surface area contributed by atoms with Gasteiger partial charge in [0.2, 0.25) is 0 Å². The first-order valence-corrected chi connectivity index (χ1v) is 11.2. The summed E-state index contributed by atoms with van der Waals surface area (Å²) < 4.78 is 29.8. The molecule has 28 heavy (non-hydrogen) atoms. The van der Waals surface area contributed by atoms with Crippen molar-refractivity contribution >= 4 is 48.1 Å². The third-order valence-corrected chi connectivity index (χ3v) is 6.99. The molecule has 0 saturated carbocycles. The number of sulfone groups is 1. The third kappa shape index (κ3) is 3.93.